The van der Waals surface area contributed by atoms with E-state index in [0.29, 0.717) is 29.6 Å². The van der Waals surface area contributed by atoms with Crippen LogP contribution in [0.25, 0.3) is 0 Å². The molecule has 0 bridgehead atoms. The molecule has 0 unspecified atom stereocenters. The van der Waals surface area contributed by atoms with Gasteiger partial charge in [-0.25, -0.2) is 8.37 Å². The van der Waals surface area contributed by atoms with E-state index >= 15 is 0 Å². The van der Waals surface area contributed by atoms with Crippen molar-refractivity contribution in [2.24, 2.45) is 46.3 Å². The van der Waals surface area contributed by atoms with Gasteiger partial charge in [0.2, 0.25) is 0 Å². The van der Waals surface area contributed by atoms with Crippen molar-refractivity contribution in [2.45, 2.75) is 90.8 Å². The van der Waals surface area contributed by atoms with Gasteiger partial charge in [0.1, 0.15) is 12.2 Å². The van der Waals surface area contributed by atoms with E-state index in [-0.39, 0.29) is 36.2 Å². The highest BCUT2D eigenvalue weighted by atomic mass is 32.3. The van der Waals surface area contributed by atoms with E-state index in [9.17, 15) is 31.0 Å². The molecule has 0 spiro atoms. The Balaban J connectivity index is 1.59. The summed E-state index contributed by atoms with van der Waals surface area (Å²) in [5.74, 6) is 2.58. The van der Waals surface area contributed by atoms with Crippen molar-refractivity contribution < 1.29 is 39.4 Å². The second-order valence-corrected chi connectivity index (χ2v) is 14.0. The zero-order valence-electron chi connectivity index (χ0n) is 20.3. The van der Waals surface area contributed by atoms with Gasteiger partial charge < -0.3 is 5.11 Å². The molecule has 10 atom stereocenters. The first-order valence-corrected chi connectivity index (χ1v) is 15.3. The van der Waals surface area contributed by atoms with Crippen molar-refractivity contribution in [3.05, 3.63) is 0 Å². The monoisotopic (exact) mass is 524 g/mol. The third-order valence-corrected chi connectivity index (χ3v) is 11.5. The normalized spacial score (nSPS) is 45.8. The quantitative estimate of drug-likeness (QED) is 0.424. The average molecular weight is 525 g/mol. The van der Waals surface area contributed by atoms with Crippen molar-refractivity contribution in [3.63, 3.8) is 0 Å². The van der Waals surface area contributed by atoms with Crippen molar-refractivity contribution in [2.75, 3.05) is 6.61 Å². The lowest BCUT2D eigenvalue weighted by Crippen LogP contribution is -2.57. The summed E-state index contributed by atoms with van der Waals surface area (Å²) >= 11 is 0. The molecule has 0 radical (unpaired) electrons. The predicted molar refractivity (Wildman–Crippen MR) is 124 cm³/mol. The summed E-state index contributed by atoms with van der Waals surface area (Å²) in [6, 6.07) is 0. The Morgan fingerprint density at radius 3 is 2.12 bits per heavy atom. The third-order valence-electron chi connectivity index (χ3n) is 10.5. The summed E-state index contributed by atoms with van der Waals surface area (Å²) in [5.41, 5.74) is -0.0535. The second-order valence-electron chi connectivity index (χ2n) is 11.9. The van der Waals surface area contributed by atoms with Crippen LogP contribution in [0.4, 0.5) is 0 Å². The van der Waals surface area contributed by atoms with Crippen LogP contribution in [-0.4, -0.2) is 49.9 Å². The summed E-state index contributed by atoms with van der Waals surface area (Å²) in [7, 11) is -9.64. The summed E-state index contributed by atoms with van der Waals surface area (Å²) in [5, 5.41) is 9.49. The largest absolute Gasteiger partial charge is 0.397 e. The molecule has 4 saturated carbocycles. The van der Waals surface area contributed by atoms with E-state index in [1.165, 1.54) is 6.42 Å². The molecular weight excluding hydrogens is 484 g/mol. The highest BCUT2D eigenvalue weighted by molar-refractivity contribution is 7.81. The molecule has 198 valence electrons. The molecule has 4 aliphatic rings. The molecule has 0 aromatic rings. The molecule has 4 fully saturated rings. The molecule has 4 aliphatic carbocycles. The Morgan fingerprint density at radius 1 is 0.882 bits per heavy atom. The molecule has 4 rings (SSSR count). The fourth-order valence-electron chi connectivity index (χ4n) is 9.13. The van der Waals surface area contributed by atoms with Crippen LogP contribution in [0.1, 0.15) is 78.6 Å². The van der Waals surface area contributed by atoms with Gasteiger partial charge in [-0.05, 0) is 104 Å². The zero-order valence-corrected chi connectivity index (χ0v) is 21.9. The first-order chi connectivity index (χ1) is 15.7. The molecule has 9 nitrogen and oxygen atoms in total. The molecular formula is C23H40O9S2. The lowest BCUT2D eigenvalue weighted by molar-refractivity contribution is -0.152. The minimum absolute atomic E-state index is 0.108. The van der Waals surface area contributed by atoms with E-state index in [0.717, 1.165) is 38.5 Å². The van der Waals surface area contributed by atoms with Crippen molar-refractivity contribution in [1.82, 2.24) is 0 Å². The number of hydrogen-bond donors (Lipinski definition) is 3. The first kappa shape index (κ1) is 26.8. The van der Waals surface area contributed by atoms with Crippen LogP contribution in [-0.2, 0) is 29.2 Å². The Kier molecular flexibility index (Phi) is 7.25. The van der Waals surface area contributed by atoms with Gasteiger partial charge in [0.05, 0.1) is 0 Å². The Hall–Kier alpha value is -0.300. The van der Waals surface area contributed by atoms with Gasteiger partial charge in [-0.1, -0.05) is 20.8 Å². The maximum absolute atomic E-state index is 11.6. The molecule has 0 aromatic heterocycles. The Labute approximate surface area is 203 Å². The van der Waals surface area contributed by atoms with Gasteiger partial charge in [-0.2, -0.15) is 16.8 Å². The number of rotatable bonds is 7. The smallest absolute Gasteiger partial charge is 0.396 e. The summed E-state index contributed by atoms with van der Waals surface area (Å²) in [4.78, 5) is 0. The number of hydrogen-bond acceptors (Lipinski definition) is 7. The van der Waals surface area contributed by atoms with Crippen LogP contribution in [0, 0.1) is 46.3 Å². The average Bonchev–Trinajstić information content (AvgIpc) is 3.04. The van der Waals surface area contributed by atoms with Gasteiger partial charge >= 0.3 is 20.8 Å². The van der Waals surface area contributed by atoms with Gasteiger partial charge in [-0.15, -0.1) is 0 Å². The lowest BCUT2D eigenvalue weighted by Gasteiger charge is -2.62. The van der Waals surface area contributed by atoms with Crippen LogP contribution in [0.15, 0.2) is 0 Å². The molecule has 11 heteroatoms. The van der Waals surface area contributed by atoms with Gasteiger partial charge in [0, 0.05) is 6.61 Å². The van der Waals surface area contributed by atoms with E-state index < -0.39 is 33.0 Å². The van der Waals surface area contributed by atoms with Gasteiger partial charge in [-0.3, -0.25) is 9.11 Å². The molecule has 0 saturated heterocycles. The maximum atomic E-state index is 11.6. The molecule has 34 heavy (non-hydrogen) atoms. The number of aliphatic hydroxyl groups excluding tert-OH is 1. The van der Waals surface area contributed by atoms with E-state index in [2.05, 4.69) is 20.8 Å². The van der Waals surface area contributed by atoms with Crippen molar-refractivity contribution >= 4 is 20.8 Å². The van der Waals surface area contributed by atoms with Gasteiger partial charge in [0.15, 0.2) is 0 Å². The second kappa shape index (κ2) is 9.22. The van der Waals surface area contributed by atoms with Crippen LogP contribution in [0.5, 0.6) is 0 Å². The summed E-state index contributed by atoms with van der Waals surface area (Å²) in [6.07, 6.45) is 5.30. The fourth-order valence-corrected chi connectivity index (χ4v) is 10.1. The van der Waals surface area contributed by atoms with Crippen LogP contribution in [0.3, 0.4) is 0 Å². The summed E-state index contributed by atoms with van der Waals surface area (Å²) in [6.45, 7) is 7.05. The predicted octanol–water partition coefficient (Wildman–Crippen LogP) is 3.65. The van der Waals surface area contributed by atoms with Crippen LogP contribution >= 0.6 is 0 Å². The van der Waals surface area contributed by atoms with Crippen molar-refractivity contribution in [3.8, 4) is 0 Å². The minimum Gasteiger partial charge on any atom is -0.396 e. The molecule has 0 amide bonds. The SMILES string of the molecule is C[C@H](CCO)[C@H]1CC[C@H]2[C@@H]3CC[C@H]4C[C@H](OS(=O)(=O)O)[C@@H](OS(=O)(=O)O)C[C@]4(C)[C@H]3CC[C@]12C. The highest BCUT2D eigenvalue weighted by Crippen LogP contribution is 2.68. The number of aliphatic hydroxyl groups is 1. The Bertz CT molecular complexity index is 967. The summed E-state index contributed by atoms with van der Waals surface area (Å²) < 4.78 is 74.3. The molecule has 0 aliphatic heterocycles. The van der Waals surface area contributed by atoms with Gasteiger partial charge in [0.25, 0.3) is 0 Å². The molecule has 0 aromatic carbocycles. The maximum Gasteiger partial charge on any atom is 0.397 e. The Morgan fingerprint density at radius 2 is 1.50 bits per heavy atom. The fraction of sp³-hybridized carbons (Fsp3) is 1.00. The molecule has 0 heterocycles. The zero-order chi connectivity index (χ0) is 25.1. The van der Waals surface area contributed by atoms with Crippen LogP contribution < -0.4 is 0 Å². The highest BCUT2D eigenvalue weighted by Gasteiger charge is 2.62. The van der Waals surface area contributed by atoms with Crippen molar-refractivity contribution in [1.29, 1.82) is 0 Å². The standard InChI is InChI=1S/C23H40O9S2/c1-14(9-11-24)17-6-7-18-16-5-4-15-12-20(31-33(25,26)27)21(32-34(28,29)30)13-23(15,3)19(16)8-10-22(17,18)2/h14-21,24H,4-13H2,1-3H3,(H,25,26,27)(H,28,29,30)/t14-,15+,16+,17-,18+,19+,20+,21+,22-,23+/m1/s1. The van der Waals surface area contributed by atoms with E-state index in [1.807, 2.05) is 0 Å². The van der Waals surface area contributed by atoms with E-state index in [4.69, 9.17) is 8.37 Å². The topological polar surface area (TPSA) is 147 Å². The molecule has 3 N–H and O–H groups in total. The minimum atomic E-state index is -4.83. The third kappa shape index (κ3) is 4.95. The first-order valence-electron chi connectivity index (χ1n) is 12.6. The lowest BCUT2D eigenvalue weighted by atomic mass is 9.44. The van der Waals surface area contributed by atoms with Crippen LogP contribution in [0.2, 0.25) is 0 Å². The van der Waals surface area contributed by atoms with E-state index in [1.54, 1.807) is 0 Å². The number of fused-ring (bicyclic) bond motifs is 5.